The Hall–Kier alpha value is -0.160. The number of methoxy groups -OCH3 is 1. The van der Waals surface area contributed by atoms with Crippen molar-refractivity contribution in [1.29, 1.82) is 0 Å². The highest BCUT2D eigenvalue weighted by Crippen LogP contribution is 2.34. The largest absolute Gasteiger partial charge is 0.381 e. The monoisotopic (exact) mass is 256 g/mol. The zero-order chi connectivity index (χ0) is 13.1. The second kappa shape index (κ2) is 5.87. The number of piperidine rings is 1. The molecule has 2 aliphatic rings. The Kier molecular flexibility index (Phi) is 4.64. The van der Waals surface area contributed by atoms with Gasteiger partial charge in [-0.1, -0.05) is 0 Å². The van der Waals surface area contributed by atoms with Gasteiger partial charge in [0.15, 0.2) is 0 Å². The SMILES string of the molecule is COC1(C)CCCN(C2(CN)CCCOCC2)C1. The molecule has 0 aromatic heterocycles. The van der Waals surface area contributed by atoms with Gasteiger partial charge in [-0.2, -0.15) is 0 Å². The van der Waals surface area contributed by atoms with Gasteiger partial charge in [-0.25, -0.2) is 0 Å². The van der Waals surface area contributed by atoms with Gasteiger partial charge < -0.3 is 15.2 Å². The Morgan fingerprint density at radius 1 is 1.22 bits per heavy atom. The highest BCUT2D eigenvalue weighted by Gasteiger charge is 2.42. The molecule has 0 saturated carbocycles. The topological polar surface area (TPSA) is 47.7 Å². The van der Waals surface area contributed by atoms with Gasteiger partial charge in [0.1, 0.15) is 0 Å². The second-order valence-corrected chi connectivity index (χ2v) is 6.07. The number of hydrogen-bond acceptors (Lipinski definition) is 4. The van der Waals surface area contributed by atoms with E-state index in [0.29, 0.717) is 0 Å². The Bertz CT molecular complexity index is 265. The summed E-state index contributed by atoms with van der Waals surface area (Å²) in [5.74, 6) is 0. The molecule has 2 rings (SSSR count). The summed E-state index contributed by atoms with van der Waals surface area (Å²) in [6, 6.07) is 0. The Morgan fingerprint density at radius 3 is 2.78 bits per heavy atom. The minimum absolute atomic E-state index is 0.00637. The van der Waals surface area contributed by atoms with Crippen LogP contribution in [0.25, 0.3) is 0 Å². The van der Waals surface area contributed by atoms with E-state index in [1.54, 1.807) is 0 Å². The van der Waals surface area contributed by atoms with E-state index >= 15 is 0 Å². The van der Waals surface area contributed by atoms with Gasteiger partial charge in [-0.15, -0.1) is 0 Å². The van der Waals surface area contributed by atoms with Crippen molar-refractivity contribution in [2.24, 2.45) is 5.73 Å². The molecule has 2 aliphatic heterocycles. The van der Waals surface area contributed by atoms with Crippen molar-refractivity contribution >= 4 is 0 Å². The fourth-order valence-corrected chi connectivity index (χ4v) is 3.42. The van der Waals surface area contributed by atoms with Crippen LogP contribution in [0, 0.1) is 0 Å². The molecule has 18 heavy (non-hydrogen) atoms. The van der Waals surface area contributed by atoms with Crippen molar-refractivity contribution in [2.75, 3.05) is 40.0 Å². The van der Waals surface area contributed by atoms with Gasteiger partial charge in [0, 0.05) is 39.0 Å². The fourth-order valence-electron chi connectivity index (χ4n) is 3.42. The number of ether oxygens (including phenoxy) is 2. The van der Waals surface area contributed by atoms with E-state index < -0.39 is 0 Å². The zero-order valence-electron chi connectivity index (χ0n) is 11.9. The summed E-state index contributed by atoms with van der Waals surface area (Å²) in [5.41, 5.74) is 6.26. The Labute approximate surface area is 111 Å². The number of likely N-dealkylation sites (tertiary alicyclic amines) is 1. The summed E-state index contributed by atoms with van der Waals surface area (Å²) in [7, 11) is 1.83. The van der Waals surface area contributed by atoms with E-state index in [9.17, 15) is 0 Å². The van der Waals surface area contributed by atoms with E-state index in [1.165, 1.54) is 6.42 Å². The highest BCUT2D eigenvalue weighted by molar-refractivity contribution is 4.98. The molecular weight excluding hydrogens is 228 g/mol. The first-order valence-corrected chi connectivity index (χ1v) is 7.22. The molecule has 0 aromatic rings. The molecule has 2 fully saturated rings. The van der Waals surface area contributed by atoms with E-state index in [4.69, 9.17) is 15.2 Å². The molecule has 0 bridgehead atoms. The van der Waals surface area contributed by atoms with Gasteiger partial charge in [-0.3, -0.25) is 4.90 Å². The van der Waals surface area contributed by atoms with Crippen molar-refractivity contribution in [3.63, 3.8) is 0 Å². The lowest BCUT2D eigenvalue weighted by molar-refractivity contribution is -0.0835. The van der Waals surface area contributed by atoms with Crippen LogP contribution in [0.2, 0.25) is 0 Å². The van der Waals surface area contributed by atoms with Crippen LogP contribution in [-0.2, 0) is 9.47 Å². The van der Waals surface area contributed by atoms with Crippen LogP contribution >= 0.6 is 0 Å². The van der Waals surface area contributed by atoms with E-state index in [0.717, 1.165) is 58.5 Å². The van der Waals surface area contributed by atoms with E-state index in [2.05, 4.69) is 11.8 Å². The normalized spacial score (nSPS) is 39.5. The molecule has 2 atom stereocenters. The third-order valence-electron chi connectivity index (χ3n) is 4.85. The molecule has 2 unspecified atom stereocenters. The summed E-state index contributed by atoms with van der Waals surface area (Å²) in [4.78, 5) is 2.58. The van der Waals surface area contributed by atoms with Crippen LogP contribution in [-0.4, -0.2) is 56.0 Å². The van der Waals surface area contributed by atoms with Crippen LogP contribution < -0.4 is 5.73 Å². The van der Waals surface area contributed by atoms with Gasteiger partial charge in [0.25, 0.3) is 0 Å². The minimum Gasteiger partial charge on any atom is -0.381 e. The van der Waals surface area contributed by atoms with Gasteiger partial charge in [0.05, 0.1) is 5.60 Å². The third kappa shape index (κ3) is 2.87. The Balaban J connectivity index is 2.10. The van der Waals surface area contributed by atoms with Crippen LogP contribution in [0.15, 0.2) is 0 Å². The maximum atomic E-state index is 6.13. The summed E-state index contributed by atoms with van der Waals surface area (Å²) in [5, 5.41) is 0. The first-order chi connectivity index (χ1) is 8.64. The molecule has 2 N–H and O–H groups in total. The van der Waals surface area contributed by atoms with Crippen molar-refractivity contribution < 1.29 is 9.47 Å². The molecule has 2 heterocycles. The predicted molar refractivity (Wildman–Crippen MR) is 72.7 cm³/mol. The molecule has 0 aliphatic carbocycles. The zero-order valence-corrected chi connectivity index (χ0v) is 11.9. The van der Waals surface area contributed by atoms with Crippen molar-refractivity contribution in [2.45, 2.75) is 50.2 Å². The molecule has 2 saturated heterocycles. The molecular formula is C14H28N2O2. The first-order valence-electron chi connectivity index (χ1n) is 7.22. The maximum Gasteiger partial charge on any atom is 0.0777 e. The maximum absolute atomic E-state index is 6.13. The number of rotatable bonds is 3. The molecule has 0 radical (unpaired) electrons. The highest BCUT2D eigenvalue weighted by atomic mass is 16.5. The van der Waals surface area contributed by atoms with Gasteiger partial charge in [0.2, 0.25) is 0 Å². The standard InChI is InChI=1S/C14H28N2O2/c1-13(17-2)5-3-8-16(12-13)14(11-15)6-4-9-18-10-7-14/h3-12,15H2,1-2H3. The quantitative estimate of drug-likeness (QED) is 0.829. The Morgan fingerprint density at radius 2 is 2.06 bits per heavy atom. The molecule has 0 aromatic carbocycles. The lowest BCUT2D eigenvalue weighted by atomic mass is 9.84. The number of nitrogens with two attached hydrogens (primary N) is 1. The van der Waals surface area contributed by atoms with Crippen LogP contribution in [0.4, 0.5) is 0 Å². The van der Waals surface area contributed by atoms with Gasteiger partial charge in [-0.05, 0) is 45.6 Å². The van der Waals surface area contributed by atoms with Crippen LogP contribution in [0.3, 0.4) is 0 Å². The average Bonchev–Trinajstić information content (AvgIpc) is 2.65. The molecule has 4 heteroatoms. The van der Waals surface area contributed by atoms with E-state index in [-0.39, 0.29) is 11.1 Å². The van der Waals surface area contributed by atoms with Crippen molar-refractivity contribution in [3.05, 3.63) is 0 Å². The summed E-state index contributed by atoms with van der Waals surface area (Å²) in [6.07, 6.45) is 5.69. The van der Waals surface area contributed by atoms with E-state index in [1.807, 2.05) is 7.11 Å². The number of hydrogen-bond donors (Lipinski definition) is 1. The lowest BCUT2D eigenvalue weighted by Crippen LogP contribution is -2.60. The molecule has 0 amide bonds. The minimum atomic E-state index is -0.00637. The molecule has 0 spiro atoms. The summed E-state index contributed by atoms with van der Waals surface area (Å²) >= 11 is 0. The first kappa shape index (κ1) is 14.3. The van der Waals surface area contributed by atoms with Gasteiger partial charge >= 0.3 is 0 Å². The smallest absolute Gasteiger partial charge is 0.0777 e. The van der Waals surface area contributed by atoms with Crippen LogP contribution in [0.1, 0.15) is 39.0 Å². The predicted octanol–water partition coefficient (Wildman–Crippen LogP) is 1.39. The fraction of sp³-hybridized carbons (Fsp3) is 1.00. The van der Waals surface area contributed by atoms with Crippen LogP contribution in [0.5, 0.6) is 0 Å². The molecule has 4 nitrogen and oxygen atoms in total. The third-order valence-corrected chi connectivity index (χ3v) is 4.85. The second-order valence-electron chi connectivity index (χ2n) is 6.07. The van der Waals surface area contributed by atoms with Crippen molar-refractivity contribution in [3.8, 4) is 0 Å². The number of nitrogens with zero attached hydrogens (tertiary/aromatic N) is 1. The molecule has 106 valence electrons. The summed E-state index contributed by atoms with van der Waals surface area (Å²) in [6.45, 7) is 6.83. The lowest BCUT2D eigenvalue weighted by Gasteiger charge is -2.49. The van der Waals surface area contributed by atoms with Crippen molar-refractivity contribution in [1.82, 2.24) is 4.90 Å². The summed E-state index contributed by atoms with van der Waals surface area (Å²) < 4.78 is 11.3. The average molecular weight is 256 g/mol.